The lowest BCUT2D eigenvalue weighted by molar-refractivity contribution is 0.376. The van der Waals surface area contributed by atoms with Crippen LogP contribution in [0.2, 0.25) is 0 Å². The summed E-state index contributed by atoms with van der Waals surface area (Å²) in [6.45, 7) is 2.54. The highest BCUT2D eigenvalue weighted by Crippen LogP contribution is 2.26. The zero-order valence-electron chi connectivity index (χ0n) is 7.33. The van der Waals surface area contributed by atoms with Crippen molar-refractivity contribution in [2.45, 2.75) is 19.4 Å². The second-order valence-corrected chi connectivity index (χ2v) is 5.56. The lowest BCUT2D eigenvalue weighted by Crippen LogP contribution is -2.35. The number of alkyl halides is 1. The van der Waals surface area contributed by atoms with Crippen molar-refractivity contribution in [3.63, 3.8) is 0 Å². The molecular weight excluding hydrogens is 198 g/mol. The molecule has 12 heavy (non-hydrogen) atoms. The van der Waals surface area contributed by atoms with Gasteiger partial charge in [0.05, 0.1) is 6.26 Å². The maximum atomic E-state index is 11.2. The molecule has 72 valence electrons. The molecule has 1 rings (SSSR count). The Kier molecular flexibility index (Phi) is 3.01. The van der Waals surface area contributed by atoms with E-state index in [0.29, 0.717) is 18.3 Å². The van der Waals surface area contributed by atoms with Crippen LogP contribution < -0.4 is 0 Å². The first-order valence-corrected chi connectivity index (χ1v) is 6.38. The van der Waals surface area contributed by atoms with Gasteiger partial charge in [0.25, 0.3) is 0 Å². The molecule has 3 nitrogen and oxygen atoms in total. The molecule has 0 aromatic heterocycles. The lowest BCUT2D eigenvalue weighted by Gasteiger charge is -2.20. The number of hydrogen-bond donors (Lipinski definition) is 0. The molecule has 0 N–H and O–H groups in total. The number of nitrogens with zero attached hydrogens (tertiary/aromatic N) is 1. The fourth-order valence-electron chi connectivity index (χ4n) is 1.65. The molecule has 0 saturated carbocycles. The molecule has 0 aromatic rings. The Hall–Kier alpha value is 0.200. The monoisotopic (exact) mass is 211 g/mol. The average Bonchev–Trinajstić information content (AvgIpc) is 2.29. The van der Waals surface area contributed by atoms with E-state index in [1.807, 2.05) is 6.92 Å². The molecule has 0 radical (unpaired) electrons. The number of hydrogen-bond acceptors (Lipinski definition) is 2. The van der Waals surface area contributed by atoms with E-state index in [1.165, 1.54) is 10.6 Å². The van der Waals surface area contributed by atoms with Crippen molar-refractivity contribution in [2.75, 3.05) is 18.7 Å². The van der Waals surface area contributed by atoms with Gasteiger partial charge in [-0.15, -0.1) is 11.6 Å². The molecule has 1 aliphatic rings. The number of sulfonamides is 1. The Morgan fingerprint density at radius 1 is 1.58 bits per heavy atom. The molecule has 1 heterocycles. The zero-order valence-corrected chi connectivity index (χ0v) is 8.90. The standard InChI is InChI=1S/C7H14ClNO2S/c1-6-7(5-8)3-4-9(6)12(2,10)11/h6-7H,3-5H2,1-2H3. The maximum absolute atomic E-state index is 11.2. The number of halogens is 1. The smallest absolute Gasteiger partial charge is 0.211 e. The van der Waals surface area contributed by atoms with Gasteiger partial charge in [-0.25, -0.2) is 8.42 Å². The molecule has 0 aromatic carbocycles. The normalized spacial score (nSPS) is 32.6. The third-order valence-electron chi connectivity index (χ3n) is 2.48. The third-order valence-corrected chi connectivity index (χ3v) is 4.24. The lowest BCUT2D eigenvalue weighted by atomic mass is 10.1. The molecule has 0 aliphatic carbocycles. The van der Waals surface area contributed by atoms with E-state index < -0.39 is 10.0 Å². The zero-order chi connectivity index (χ0) is 9.35. The molecule has 0 bridgehead atoms. The molecule has 2 unspecified atom stereocenters. The minimum Gasteiger partial charge on any atom is -0.212 e. The predicted octanol–water partition coefficient (Wildman–Crippen LogP) is 0.895. The minimum absolute atomic E-state index is 0.0671. The third kappa shape index (κ3) is 1.92. The predicted molar refractivity (Wildman–Crippen MR) is 49.8 cm³/mol. The Bertz CT molecular complexity index is 252. The first-order chi connectivity index (χ1) is 5.46. The summed E-state index contributed by atoms with van der Waals surface area (Å²) in [5.74, 6) is 0.870. The van der Waals surface area contributed by atoms with E-state index in [1.54, 1.807) is 0 Å². The van der Waals surface area contributed by atoms with Crippen molar-refractivity contribution in [3.05, 3.63) is 0 Å². The van der Waals surface area contributed by atoms with Crippen molar-refractivity contribution in [1.82, 2.24) is 4.31 Å². The Morgan fingerprint density at radius 2 is 2.17 bits per heavy atom. The SMILES string of the molecule is CC1C(CCl)CCN1S(C)(=O)=O. The van der Waals surface area contributed by atoms with Crippen molar-refractivity contribution >= 4 is 21.6 Å². The van der Waals surface area contributed by atoms with E-state index in [2.05, 4.69) is 0 Å². The topological polar surface area (TPSA) is 37.4 Å². The van der Waals surface area contributed by atoms with Gasteiger partial charge in [0, 0.05) is 18.5 Å². The van der Waals surface area contributed by atoms with E-state index in [4.69, 9.17) is 11.6 Å². The van der Waals surface area contributed by atoms with E-state index >= 15 is 0 Å². The molecule has 1 aliphatic heterocycles. The van der Waals surface area contributed by atoms with Crippen LogP contribution in [-0.4, -0.2) is 37.4 Å². The van der Waals surface area contributed by atoms with Crippen molar-refractivity contribution < 1.29 is 8.42 Å². The minimum atomic E-state index is -3.02. The van der Waals surface area contributed by atoms with Crippen LogP contribution in [0.3, 0.4) is 0 Å². The van der Waals surface area contributed by atoms with E-state index in [9.17, 15) is 8.42 Å². The van der Waals surface area contributed by atoms with E-state index in [0.717, 1.165) is 6.42 Å². The van der Waals surface area contributed by atoms with Crippen LogP contribution in [0.15, 0.2) is 0 Å². The Labute approximate surface area is 78.7 Å². The van der Waals surface area contributed by atoms with Gasteiger partial charge in [0.15, 0.2) is 0 Å². The van der Waals surface area contributed by atoms with Crippen LogP contribution in [0, 0.1) is 5.92 Å². The highest BCUT2D eigenvalue weighted by atomic mass is 35.5. The van der Waals surface area contributed by atoms with Crippen molar-refractivity contribution in [3.8, 4) is 0 Å². The highest BCUT2D eigenvalue weighted by molar-refractivity contribution is 7.88. The summed E-state index contributed by atoms with van der Waals surface area (Å²) in [7, 11) is -3.02. The van der Waals surface area contributed by atoms with Gasteiger partial charge in [-0.05, 0) is 19.3 Å². The molecule has 0 spiro atoms. The second-order valence-electron chi connectivity index (χ2n) is 3.32. The average molecular weight is 212 g/mol. The molecule has 0 amide bonds. The molecule has 2 atom stereocenters. The first-order valence-electron chi connectivity index (χ1n) is 3.99. The van der Waals surface area contributed by atoms with Crippen LogP contribution in [0.5, 0.6) is 0 Å². The molecule has 1 fully saturated rings. The Morgan fingerprint density at radius 3 is 2.42 bits per heavy atom. The van der Waals surface area contributed by atoms with Gasteiger partial charge in [0.1, 0.15) is 0 Å². The van der Waals surface area contributed by atoms with Crippen molar-refractivity contribution in [2.24, 2.45) is 5.92 Å². The summed E-state index contributed by atoms with van der Waals surface area (Å²) >= 11 is 5.70. The van der Waals surface area contributed by atoms with Crippen LogP contribution in [0.4, 0.5) is 0 Å². The van der Waals surface area contributed by atoms with Gasteiger partial charge in [0.2, 0.25) is 10.0 Å². The molecular formula is C7H14ClNO2S. The number of rotatable bonds is 2. The van der Waals surface area contributed by atoms with Gasteiger partial charge in [-0.3, -0.25) is 0 Å². The highest BCUT2D eigenvalue weighted by Gasteiger charge is 2.35. The fourth-order valence-corrected chi connectivity index (χ4v) is 3.27. The molecule has 5 heteroatoms. The summed E-state index contributed by atoms with van der Waals surface area (Å²) in [6, 6.07) is 0.0671. The van der Waals surface area contributed by atoms with Gasteiger partial charge < -0.3 is 0 Å². The first kappa shape index (κ1) is 10.3. The summed E-state index contributed by atoms with van der Waals surface area (Å²) in [4.78, 5) is 0. The van der Waals surface area contributed by atoms with Crippen LogP contribution in [0.1, 0.15) is 13.3 Å². The summed E-state index contributed by atoms with van der Waals surface area (Å²) < 4.78 is 23.9. The largest absolute Gasteiger partial charge is 0.212 e. The van der Waals surface area contributed by atoms with Crippen LogP contribution in [0.25, 0.3) is 0 Å². The summed E-state index contributed by atoms with van der Waals surface area (Å²) in [5.41, 5.74) is 0. The summed E-state index contributed by atoms with van der Waals surface area (Å²) in [5, 5.41) is 0. The van der Waals surface area contributed by atoms with Gasteiger partial charge >= 0.3 is 0 Å². The maximum Gasteiger partial charge on any atom is 0.211 e. The van der Waals surface area contributed by atoms with Crippen LogP contribution in [-0.2, 0) is 10.0 Å². The molecule has 1 saturated heterocycles. The fraction of sp³-hybridized carbons (Fsp3) is 1.00. The van der Waals surface area contributed by atoms with Crippen molar-refractivity contribution in [1.29, 1.82) is 0 Å². The van der Waals surface area contributed by atoms with Gasteiger partial charge in [-0.1, -0.05) is 0 Å². The summed E-state index contributed by atoms with van der Waals surface area (Å²) in [6.07, 6.45) is 2.14. The van der Waals surface area contributed by atoms with E-state index in [-0.39, 0.29) is 6.04 Å². The van der Waals surface area contributed by atoms with Crippen LogP contribution >= 0.6 is 11.6 Å². The quantitative estimate of drug-likeness (QED) is 0.637. The van der Waals surface area contributed by atoms with Gasteiger partial charge in [-0.2, -0.15) is 4.31 Å². The second kappa shape index (κ2) is 3.52. The Balaban J connectivity index is 2.74.